The van der Waals surface area contributed by atoms with Gasteiger partial charge in [0, 0.05) is 2.85 Å². The smallest absolute Gasteiger partial charge is 0.282 e. The lowest BCUT2D eigenvalue weighted by atomic mass is 10.2. The van der Waals surface area contributed by atoms with Crippen molar-refractivity contribution >= 4 is 10.1 Å². The van der Waals surface area contributed by atoms with Crippen LogP contribution in [0.5, 0.6) is 0 Å². The molecule has 3 nitrogen and oxygen atoms in total. The van der Waals surface area contributed by atoms with Crippen LogP contribution in [0.3, 0.4) is 0 Å². The van der Waals surface area contributed by atoms with Crippen molar-refractivity contribution in [2.75, 3.05) is 0 Å². The molecule has 0 spiro atoms. The first kappa shape index (κ1) is 8.23. The zero-order valence-corrected chi connectivity index (χ0v) is 6.80. The first-order valence-electron chi connectivity index (χ1n) is 3.05. The van der Waals surface area contributed by atoms with Gasteiger partial charge in [-0.2, -0.15) is 8.42 Å². The molecule has 64 valence electrons. The van der Waals surface area contributed by atoms with Crippen molar-refractivity contribution < 1.29 is 15.8 Å². The molecule has 0 saturated carbocycles. The summed E-state index contributed by atoms with van der Waals surface area (Å²) >= 11 is 0. The van der Waals surface area contributed by atoms with Crippen molar-refractivity contribution in [2.45, 2.75) is 11.8 Å². The van der Waals surface area contributed by atoms with Crippen molar-refractivity contribution in [1.29, 1.82) is 0 Å². The normalized spacial score (nSPS) is 11.5. The lowest BCUT2D eigenvalue weighted by Crippen LogP contribution is -1.99. The Morgan fingerprint density at radius 2 is 1.91 bits per heavy atom. The maximum Gasteiger partial charge on any atom is 0.294 e. The molecule has 0 aliphatic rings. The van der Waals surface area contributed by atoms with Crippen LogP contribution >= 0.6 is 0 Å². The highest BCUT2D eigenvalue weighted by molar-refractivity contribution is 7.85. The molecule has 0 heterocycles. The van der Waals surface area contributed by atoms with Gasteiger partial charge in [0.2, 0.25) is 0 Å². The second kappa shape index (κ2) is 2.64. The van der Waals surface area contributed by atoms with Crippen LogP contribution in [0.15, 0.2) is 29.2 Å². The van der Waals surface area contributed by atoms with Gasteiger partial charge in [-0.25, -0.2) is 0 Å². The summed E-state index contributed by atoms with van der Waals surface area (Å²) in [4.78, 5) is -0.0278. The summed E-state index contributed by atoms with van der Waals surface area (Å²) in [6.45, 7) is 1.63. The minimum absolute atomic E-state index is 0. The van der Waals surface area contributed by atoms with Crippen LogP contribution in [0, 0.1) is 6.92 Å². The highest BCUT2D eigenvalue weighted by Gasteiger charge is 2.10. The predicted molar refractivity (Wildman–Crippen MR) is 45.2 cm³/mol. The zero-order valence-electron chi connectivity index (χ0n) is 5.98. The fourth-order valence-electron chi connectivity index (χ4n) is 0.846. The van der Waals surface area contributed by atoms with E-state index in [-0.39, 0.29) is 7.75 Å². The van der Waals surface area contributed by atoms with Gasteiger partial charge in [-0.3, -0.25) is 4.55 Å². The van der Waals surface area contributed by atoms with Gasteiger partial charge < -0.3 is 0 Å². The Morgan fingerprint density at radius 1 is 1.36 bits per heavy atom. The predicted octanol–water partition coefficient (Wildman–Crippen LogP) is 1.73. The van der Waals surface area contributed by atoms with E-state index in [9.17, 15) is 8.42 Å². The number of rotatable bonds is 1. The topological polar surface area (TPSA) is 54.4 Å². The Balaban J connectivity index is 0. The van der Waals surface area contributed by atoms with Crippen molar-refractivity contribution in [3.8, 4) is 0 Å². The number of hydrogen-bond acceptors (Lipinski definition) is 2. The minimum Gasteiger partial charge on any atom is -0.282 e. The molecule has 0 aromatic heterocycles. The van der Waals surface area contributed by atoms with Gasteiger partial charge in [0.25, 0.3) is 10.1 Å². The number of benzene rings is 1. The van der Waals surface area contributed by atoms with E-state index in [0.29, 0.717) is 5.56 Å². The molecule has 0 amide bonds. The molecule has 0 aliphatic carbocycles. The number of aryl methyl sites for hydroxylation is 1. The van der Waals surface area contributed by atoms with Crippen LogP contribution < -0.4 is 0 Å². The Kier molecular flexibility index (Phi) is 1.97. The van der Waals surface area contributed by atoms with Crippen molar-refractivity contribution in [1.82, 2.24) is 0 Å². The molecule has 0 atom stereocenters. The van der Waals surface area contributed by atoms with E-state index in [1.54, 1.807) is 25.1 Å². The van der Waals surface area contributed by atoms with Crippen LogP contribution in [-0.2, 0) is 10.1 Å². The van der Waals surface area contributed by atoms with Crippen molar-refractivity contribution in [2.24, 2.45) is 0 Å². The second-order valence-electron chi connectivity index (χ2n) is 2.24. The van der Waals surface area contributed by atoms with E-state index < -0.39 is 10.1 Å². The van der Waals surface area contributed by atoms with Gasteiger partial charge >= 0.3 is 0 Å². The highest BCUT2D eigenvalue weighted by Crippen LogP contribution is 2.12. The van der Waals surface area contributed by atoms with E-state index in [1.807, 2.05) is 0 Å². The molecule has 1 aromatic rings. The van der Waals surface area contributed by atoms with E-state index in [2.05, 4.69) is 0 Å². The molecular formula is C7H12O3S. The van der Waals surface area contributed by atoms with E-state index >= 15 is 0 Å². The van der Waals surface area contributed by atoms with Gasteiger partial charge in [-0.05, 0) is 18.6 Å². The molecule has 0 saturated heterocycles. The zero-order chi connectivity index (χ0) is 8.48. The van der Waals surface area contributed by atoms with E-state index in [4.69, 9.17) is 4.55 Å². The highest BCUT2D eigenvalue weighted by atomic mass is 32.2. The average molecular weight is 176 g/mol. The molecule has 1 N–H and O–H groups in total. The van der Waals surface area contributed by atoms with Crippen LogP contribution in [0.1, 0.15) is 8.42 Å². The summed E-state index contributed by atoms with van der Waals surface area (Å²) in [5.74, 6) is 0. The van der Waals surface area contributed by atoms with Gasteiger partial charge in [0.05, 0.1) is 4.90 Å². The molecule has 4 heteroatoms. The van der Waals surface area contributed by atoms with Crippen molar-refractivity contribution in [3.63, 3.8) is 0 Å². The molecule has 0 unspecified atom stereocenters. The van der Waals surface area contributed by atoms with E-state index in [0.717, 1.165) is 0 Å². The molecule has 0 fully saturated rings. The lowest BCUT2D eigenvalue weighted by molar-refractivity contribution is 0.482. The fourth-order valence-corrected chi connectivity index (χ4v) is 1.57. The Labute approximate surface area is 68.4 Å². The molecule has 0 radical (unpaired) electrons. The molecule has 11 heavy (non-hydrogen) atoms. The lowest BCUT2D eigenvalue weighted by Gasteiger charge is -1.99. The summed E-state index contributed by atoms with van der Waals surface area (Å²) < 4.78 is 29.9. The summed E-state index contributed by atoms with van der Waals surface area (Å²) in [6.07, 6.45) is 0. The third-order valence-electron chi connectivity index (χ3n) is 1.37. The van der Waals surface area contributed by atoms with Gasteiger partial charge in [0.15, 0.2) is 0 Å². The third-order valence-corrected chi connectivity index (χ3v) is 2.39. The van der Waals surface area contributed by atoms with Gasteiger partial charge in [0.1, 0.15) is 0 Å². The summed E-state index contributed by atoms with van der Waals surface area (Å²) in [5.41, 5.74) is 0.551. The molecule has 0 aliphatic heterocycles. The minimum atomic E-state index is -4.03. The maximum atomic E-state index is 10.6. The largest absolute Gasteiger partial charge is 0.294 e. The Hall–Kier alpha value is -0.870. The van der Waals surface area contributed by atoms with Gasteiger partial charge in [-0.15, -0.1) is 0 Å². The molecular weight excluding hydrogens is 164 g/mol. The molecule has 1 rings (SSSR count). The molecule has 1 aromatic carbocycles. The monoisotopic (exact) mass is 176 g/mol. The standard InChI is InChI=1S/C7H8O3S.2H2/c1-6-4-2-3-5-7(6)11(8,9)10;;/h2-5H,1H3,(H,8,9,10);2*1H. The first-order chi connectivity index (χ1) is 5.02. The summed E-state index contributed by atoms with van der Waals surface area (Å²) in [7, 11) is -4.03. The SMILES string of the molecule is Cc1ccccc1S(=O)(=O)O.[HH].[HH]. The van der Waals surface area contributed by atoms with Gasteiger partial charge in [-0.1, -0.05) is 18.2 Å². The summed E-state index contributed by atoms with van der Waals surface area (Å²) in [5, 5.41) is 0. The van der Waals surface area contributed by atoms with E-state index in [1.165, 1.54) is 6.07 Å². The number of hydrogen-bond donors (Lipinski definition) is 1. The van der Waals surface area contributed by atoms with Crippen LogP contribution in [-0.4, -0.2) is 13.0 Å². The maximum absolute atomic E-state index is 10.6. The third kappa shape index (κ3) is 1.78. The first-order valence-corrected chi connectivity index (χ1v) is 4.49. The van der Waals surface area contributed by atoms with Crippen LogP contribution in [0.25, 0.3) is 0 Å². The van der Waals surface area contributed by atoms with Crippen LogP contribution in [0.2, 0.25) is 0 Å². The quantitative estimate of drug-likeness (QED) is 0.663. The van der Waals surface area contributed by atoms with Crippen molar-refractivity contribution in [3.05, 3.63) is 29.8 Å². The van der Waals surface area contributed by atoms with Crippen LogP contribution in [0.4, 0.5) is 0 Å². The average Bonchev–Trinajstić information content (AvgIpc) is 1.86. The Bertz CT molecular complexity index is 362. The Morgan fingerprint density at radius 3 is 2.27 bits per heavy atom. The fraction of sp³-hybridized carbons (Fsp3) is 0.143. The summed E-state index contributed by atoms with van der Waals surface area (Å²) in [6, 6.07) is 6.27. The molecule has 0 bridgehead atoms. The second-order valence-corrected chi connectivity index (χ2v) is 3.63.